The number of rotatable bonds is 6. The maximum Gasteiger partial charge on any atom is 0.253 e. The van der Waals surface area contributed by atoms with Gasteiger partial charge in [0.1, 0.15) is 0 Å². The predicted octanol–water partition coefficient (Wildman–Crippen LogP) is 4.29. The molecule has 0 N–H and O–H groups in total. The Kier molecular flexibility index (Phi) is 6.72. The van der Waals surface area contributed by atoms with Crippen molar-refractivity contribution in [3.63, 3.8) is 0 Å². The maximum atomic E-state index is 12.1. The van der Waals surface area contributed by atoms with Gasteiger partial charge >= 0.3 is 0 Å². The molecule has 1 aromatic rings. The van der Waals surface area contributed by atoms with Crippen molar-refractivity contribution in [2.24, 2.45) is 0 Å². The van der Waals surface area contributed by atoms with Crippen LogP contribution in [0, 0.1) is 6.92 Å². The van der Waals surface area contributed by atoms with Gasteiger partial charge in [-0.25, -0.2) is 0 Å². The zero-order chi connectivity index (χ0) is 13.5. The summed E-state index contributed by atoms with van der Waals surface area (Å²) in [5.74, 6) is 0.0377. The molecule has 0 unspecified atom stereocenters. The van der Waals surface area contributed by atoms with Gasteiger partial charge in [0.15, 0.2) is 0 Å². The lowest BCUT2D eigenvalue weighted by Crippen LogP contribution is -2.27. The second-order valence-electron chi connectivity index (χ2n) is 4.44. The summed E-state index contributed by atoms with van der Waals surface area (Å²) in [5, 5.41) is 1.67. The predicted molar refractivity (Wildman–Crippen MR) is 80.8 cm³/mol. The molecule has 0 aliphatic heterocycles. The Balaban J connectivity index is 2.54. The van der Waals surface area contributed by atoms with Crippen molar-refractivity contribution in [2.45, 2.75) is 26.2 Å². The summed E-state index contributed by atoms with van der Waals surface area (Å²) in [6, 6.07) is 5.46. The summed E-state index contributed by atoms with van der Waals surface area (Å²) in [4.78, 5) is 13.9. The fourth-order valence-electron chi connectivity index (χ4n) is 1.67. The molecule has 1 rings (SSSR count). The van der Waals surface area contributed by atoms with Gasteiger partial charge in [0.2, 0.25) is 0 Å². The van der Waals surface area contributed by atoms with E-state index in [2.05, 4.69) is 15.9 Å². The normalized spacial score (nSPS) is 10.4. The summed E-state index contributed by atoms with van der Waals surface area (Å²) in [7, 11) is 1.84. The molecule has 0 bridgehead atoms. The number of hydrogen-bond donors (Lipinski definition) is 0. The molecule has 0 aromatic heterocycles. The molecule has 0 saturated heterocycles. The first-order chi connectivity index (χ1) is 8.56. The smallest absolute Gasteiger partial charge is 0.253 e. The van der Waals surface area contributed by atoms with Gasteiger partial charge < -0.3 is 4.90 Å². The fraction of sp³-hybridized carbons (Fsp3) is 0.500. The number of halogens is 2. The van der Waals surface area contributed by atoms with Crippen LogP contribution in [0.3, 0.4) is 0 Å². The number of amides is 1. The molecule has 0 saturated carbocycles. The molecular weight excluding hydrogens is 314 g/mol. The van der Waals surface area contributed by atoms with Crippen LogP contribution in [-0.4, -0.2) is 29.7 Å². The van der Waals surface area contributed by atoms with E-state index in [0.29, 0.717) is 10.6 Å². The number of benzene rings is 1. The molecule has 4 heteroatoms. The average Bonchev–Trinajstić information content (AvgIpc) is 2.37. The Hall–Kier alpha value is -0.540. The quantitative estimate of drug-likeness (QED) is 0.562. The lowest BCUT2D eigenvalue weighted by atomic mass is 10.1. The number of alkyl halides is 1. The fourth-order valence-corrected chi connectivity index (χ4v) is 2.25. The molecule has 0 spiro atoms. The van der Waals surface area contributed by atoms with Crippen LogP contribution < -0.4 is 0 Å². The minimum absolute atomic E-state index is 0.0377. The molecule has 100 valence electrons. The van der Waals surface area contributed by atoms with Crippen molar-refractivity contribution < 1.29 is 4.79 Å². The summed E-state index contributed by atoms with van der Waals surface area (Å²) < 4.78 is 0. The Morgan fingerprint density at radius 3 is 2.67 bits per heavy atom. The number of hydrogen-bond acceptors (Lipinski definition) is 1. The lowest BCUT2D eigenvalue weighted by molar-refractivity contribution is 0.0792. The van der Waals surface area contributed by atoms with Gasteiger partial charge in [-0.15, -0.1) is 0 Å². The standard InChI is InChI=1S/C14H19BrClNO/c1-11-6-7-12(10-13(11)16)14(18)17(2)9-5-3-4-8-15/h6-7,10H,3-5,8-9H2,1-2H3. The van der Waals surface area contributed by atoms with Crippen LogP contribution in [0.15, 0.2) is 18.2 Å². The molecule has 1 amide bonds. The molecule has 1 aromatic carbocycles. The maximum absolute atomic E-state index is 12.1. The largest absolute Gasteiger partial charge is 0.342 e. The summed E-state index contributed by atoms with van der Waals surface area (Å²) >= 11 is 9.43. The highest BCUT2D eigenvalue weighted by Crippen LogP contribution is 2.17. The highest BCUT2D eigenvalue weighted by Gasteiger charge is 2.12. The van der Waals surface area contributed by atoms with Gasteiger partial charge in [-0.1, -0.05) is 40.0 Å². The molecule has 0 aliphatic carbocycles. The lowest BCUT2D eigenvalue weighted by Gasteiger charge is -2.17. The van der Waals surface area contributed by atoms with Crippen LogP contribution in [-0.2, 0) is 0 Å². The third-order valence-corrected chi connectivity index (χ3v) is 3.86. The van der Waals surface area contributed by atoms with E-state index in [4.69, 9.17) is 11.6 Å². The van der Waals surface area contributed by atoms with Crippen molar-refractivity contribution in [2.75, 3.05) is 18.9 Å². The third-order valence-electron chi connectivity index (χ3n) is 2.89. The van der Waals surface area contributed by atoms with Crippen molar-refractivity contribution in [1.82, 2.24) is 4.90 Å². The second kappa shape index (κ2) is 7.80. The Bertz CT molecular complexity index is 409. The molecule has 2 nitrogen and oxygen atoms in total. The molecule has 18 heavy (non-hydrogen) atoms. The first-order valence-electron chi connectivity index (χ1n) is 6.14. The van der Waals surface area contributed by atoms with Crippen LogP contribution in [0.4, 0.5) is 0 Å². The van der Waals surface area contributed by atoms with Gasteiger partial charge in [-0.3, -0.25) is 4.79 Å². The van der Waals surface area contributed by atoms with E-state index in [0.717, 1.165) is 36.7 Å². The van der Waals surface area contributed by atoms with Crippen molar-refractivity contribution in [1.29, 1.82) is 0 Å². The van der Waals surface area contributed by atoms with Crippen LogP contribution in [0.5, 0.6) is 0 Å². The highest BCUT2D eigenvalue weighted by molar-refractivity contribution is 9.09. The molecule has 0 aliphatic rings. The number of unbranched alkanes of at least 4 members (excludes halogenated alkanes) is 2. The topological polar surface area (TPSA) is 20.3 Å². The van der Waals surface area contributed by atoms with Crippen LogP contribution in [0.2, 0.25) is 5.02 Å². The van der Waals surface area contributed by atoms with Gasteiger partial charge in [-0.05, 0) is 37.5 Å². The first kappa shape index (κ1) is 15.5. The summed E-state index contributed by atoms with van der Waals surface area (Å²) in [6.45, 7) is 2.72. The van der Waals surface area contributed by atoms with E-state index in [1.54, 1.807) is 11.0 Å². The van der Waals surface area contributed by atoms with E-state index in [9.17, 15) is 4.79 Å². The molecular formula is C14H19BrClNO. The number of carbonyl (C=O) groups is 1. The molecule has 0 radical (unpaired) electrons. The van der Waals surface area contributed by atoms with Gasteiger partial charge in [0, 0.05) is 29.5 Å². The SMILES string of the molecule is Cc1ccc(C(=O)N(C)CCCCCBr)cc1Cl. The van der Waals surface area contributed by atoms with Crippen LogP contribution in [0.1, 0.15) is 35.2 Å². The Morgan fingerprint density at radius 2 is 2.06 bits per heavy atom. The summed E-state index contributed by atoms with van der Waals surface area (Å²) in [6.07, 6.45) is 3.32. The van der Waals surface area contributed by atoms with Crippen molar-refractivity contribution >= 4 is 33.4 Å². The molecule has 0 atom stereocenters. The zero-order valence-electron chi connectivity index (χ0n) is 10.9. The minimum atomic E-state index is 0.0377. The average molecular weight is 333 g/mol. The van der Waals surface area contributed by atoms with E-state index in [-0.39, 0.29) is 5.91 Å². The second-order valence-corrected chi connectivity index (χ2v) is 5.64. The van der Waals surface area contributed by atoms with Gasteiger partial charge in [-0.2, -0.15) is 0 Å². The minimum Gasteiger partial charge on any atom is -0.342 e. The Labute approximate surface area is 122 Å². The van der Waals surface area contributed by atoms with Crippen LogP contribution in [0.25, 0.3) is 0 Å². The van der Waals surface area contributed by atoms with Crippen molar-refractivity contribution in [3.8, 4) is 0 Å². The van der Waals surface area contributed by atoms with Gasteiger partial charge in [0.25, 0.3) is 5.91 Å². The zero-order valence-corrected chi connectivity index (χ0v) is 13.2. The molecule has 0 fully saturated rings. The summed E-state index contributed by atoms with van der Waals surface area (Å²) in [5.41, 5.74) is 1.65. The highest BCUT2D eigenvalue weighted by atomic mass is 79.9. The van der Waals surface area contributed by atoms with Gasteiger partial charge in [0.05, 0.1) is 0 Å². The number of carbonyl (C=O) groups excluding carboxylic acids is 1. The van der Waals surface area contributed by atoms with E-state index in [1.165, 1.54) is 0 Å². The number of aryl methyl sites for hydroxylation is 1. The monoisotopic (exact) mass is 331 g/mol. The van der Waals surface area contributed by atoms with Crippen LogP contribution >= 0.6 is 27.5 Å². The first-order valence-corrected chi connectivity index (χ1v) is 7.63. The van der Waals surface area contributed by atoms with E-state index in [1.807, 2.05) is 26.1 Å². The molecule has 0 heterocycles. The van der Waals surface area contributed by atoms with E-state index >= 15 is 0 Å². The van der Waals surface area contributed by atoms with Crippen molar-refractivity contribution in [3.05, 3.63) is 34.3 Å². The number of nitrogens with zero attached hydrogens (tertiary/aromatic N) is 1. The van der Waals surface area contributed by atoms with E-state index < -0.39 is 0 Å². The Morgan fingerprint density at radius 1 is 1.33 bits per heavy atom. The third kappa shape index (κ3) is 4.62.